The van der Waals surface area contributed by atoms with Crippen LogP contribution in [0.25, 0.3) is 101 Å². The van der Waals surface area contributed by atoms with Crippen LogP contribution in [0.5, 0.6) is 0 Å². The lowest BCUT2D eigenvalue weighted by molar-refractivity contribution is 1.25. The minimum Gasteiger partial charge on any atom is -0.291 e. The second kappa shape index (κ2) is 9.49. The molecule has 4 heterocycles. The first kappa shape index (κ1) is 25.6. The SMILES string of the molecule is c1ccc2cc3c(cc2c1)nc1c2sc4c5ccccc5ccc4c2cc(-c2ccc(-c4ccc5sc6ccccc6c5c4)cc2)n31. The van der Waals surface area contributed by atoms with Crippen molar-refractivity contribution in [3.05, 3.63) is 146 Å². The number of benzene rings is 7. The Kier molecular flexibility index (Phi) is 5.17. The summed E-state index contributed by atoms with van der Waals surface area (Å²) in [6, 6.07) is 53.5. The first-order valence-corrected chi connectivity index (χ1v) is 17.5. The standard InChI is InChI=1S/C43H24N2S2/c1-2-9-29-23-38-36(22-28(29)8-1)44-43-42-35(33-19-17-26-7-3-4-10-31(26)41(33)47-42)24-37(45(38)43)27-15-13-25(14-16-27)30-18-20-40-34(21-30)32-11-5-6-12-39(32)46-40/h1-24H. The summed E-state index contributed by atoms with van der Waals surface area (Å²) >= 11 is 3.73. The second-order valence-electron chi connectivity index (χ2n) is 12.4. The molecule has 0 bridgehead atoms. The summed E-state index contributed by atoms with van der Waals surface area (Å²) in [5.41, 5.74) is 7.97. The van der Waals surface area contributed by atoms with E-state index < -0.39 is 0 Å². The average molecular weight is 633 g/mol. The third kappa shape index (κ3) is 3.68. The van der Waals surface area contributed by atoms with E-state index in [-0.39, 0.29) is 0 Å². The van der Waals surface area contributed by atoms with Gasteiger partial charge in [-0.05, 0) is 74.6 Å². The van der Waals surface area contributed by atoms with Crippen LogP contribution in [-0.2, 0) is 0 Å². The Balaban J connectivity index is 1.17. The number of aromatic nitrogens is 2. The molecule has 0 aliphatic heterocycles. The van der Waals surface area contributed by atoms with E-state index in [2.05, 4.69) is 150 Å². The Morgan fingerprint density at radius 1 is 0.426 bits per heavy atom. The topological polar surface area (TPSA) is 17.3 Å². The summed E-state index contributed by atoms with van der Waals surface area (Å²) in [4.78, 5) is 5.34. The van der Waals surface area contributed by atoms with Gasteiger partial charge in [0.05, 0.1) is 21.4 Å². The fourth-order valence-electron chi connectivity index (χ4n) is 7.47. The molecule has 0 saturated carbocycles. The molecule has 0 amide bonds. The van der Waals surface area contributed by atoms with Gasteiger partial charge in [-0.15, -0.1) is 22.7 Å². The first-order chi connectivity index (χ1) is 23.3. The highest BCUT2D eigenvalue weighted by Gasteiger charge is 2.19. The van der Waals surface area contributed by atoms with Crippen LogP contribution in [0.4, 0.5) is 0 Å². The van der Waals surface area contributed by atoms with Gasteiger partial charge < -0.3 is 0 Å². The molecule has 2 nitrogen and oxygen atoms in total. The molecular formula is C43H24N2S2. The van der Waals surface area contributed by atoms with Gasteiger partial charge in [-0.1, -0.05) is 109 Å². The number of thiophene rings is 2. The molecule has 0 unspecified atom stereocenters. The van der Waals surface area contributed by atoms with Crippen molar-refractivity contribution in [2.24, 2.45) is 0 Å². The molecule has 4 heteroatoms. The number of hydrogen-bond acceptors (Lipinski definition) is 3. The molecule has 0 saturated heterocycles. The molecule has 0 aliphatic rings. The van der Waals surface area contributed by atoms with E-state index in [1.54, 1.807) is 0 Å². The van der Waals surface area contributed by atoms with Crippen LogP contribution >= 0.6 is 22.7 Å². The molecule has 47 heavy (non-hydrogen) atoms. The van der Waals surface area contributed by atoms with E-state index in [0.717, 1.165) is 22.4 Å². The van der Waals surface area contributed by atoms with Gasteiger partial charge in [0.2, 0.25) is 0 Å². The van der Waals surface area contributed by atoms with Crippen LogP contribution in [0.15, 0.2) is 146 Å². The van der Waals surface area contributed by atoms with Crippen LogP contribution in [0, 0.1) is 0 Å². The fraction of sp³-hybridized carbons (Fsp3) is 0. The number of rotatable bonds is 2. The van der Waals surface area contributed by atoms with Crippen LogP contribution in [0.2, 0.25) is 0 Å². The third-order valence-electron chi connectivity index (χ3n) is 9.76. The molecule has 0 fully saturated rings. The van der Waals surface area contributed by atoms with Gasteiger partial charge >= 0.3 is 0 Å². The van der Waals surface area contributed by atoms with Crippen molar-refractivity contribution in [2.75, 3.05) is 0 Å². The Hall–Kier alpha value is -5.55. The smallest absolute Gasteiger partial charge is 0.156 e. The summed E-state index contributed by atoms with van der Waals surface area (Å²) in [5, 5.41) is 10.2. The average Bonchev–Trinajstić information content (AvgIpc) is 3.81. The van der Waals surface area contributed by atoms with Crippen molar-refractivity contribution >= 4 is 101 Å². The van der Waals surface area contributed by atoms with E-state index in [9.17, 15) is 0 Å². The maximum atomic E-state index is 5.34. The zero-order valence-electron chi connectivity index (χ0n) is 25.1. The number of hydrogen-bond donors (Lipinski definition) is 0. The minimum absolute atomic E-state index is 1.02. The lowest BCUT2D eigenvalue weighted by Gasteiger charge is -2.10. The summed E-state index contributed by atoms with van der Waals surface area (Å²) in [7, 11) is 0. The van der Waals surface area contributed by atoms with Crippen molar-refractivity contribution in [3.63, 3.8) is 0 Å². The Labute approximate surface area is 277 Å². The predicted octanol–water partition coefficient (Wildman–Crippen LogP) is 12.9. The number of nitrogens with zero attached hydrogens (tertiary/aromatic N) is 2. The largest absolute Gasteiger partial charge is 0.291 e. The molecule has 11 aromatic rings. The van der Waals surface area contributed by atoms with Gasteiger partial charge in [-0.2, -0.15) is 0 Å². The summed E-state index contributed by atoms with van der Waals surface area (Å²) in [6.45, 7) is 0. The van der Waals surface area contributed by atoms with Crippen molar-refractivity contribution in [2.45, 2.75) is 0 Å². The van der Waals surface area contributed by atoms with Gasteiger partial charge in [0.15, 0.2) is 5.65 Å². The van der Waals surface area contributed by atoms with Crippen molar-refractivity contribution in [1.82, 2.24) is 9.38 Å². The van der Waals surface area contributed by atoms with Crippen LogP contribution < -0.4 is 0 Å². The highest BCUT2D eigenvalue weighted by atomic mass is 32.1. The molecule has 7 aromatic carbocycles. The monoisotopic (exact) mass is 632 g/mol. The maximum absolute atomic E-state index is 5.34. The van der Waals surface area contributed by atoms with E-state index in [0.29, 0.717) is 0 Å². The Bertz CT molecular complexity index is 3070. The molecule has 11 rings (SSSR count). The van der Waals surface area contributed by atoms with E-state index >= 15 is 0 Å². The van der Waals surface area contributed by atoms with Crippen LogP contribution in [0.3, 0.4) is 0 Å². The Morgan fingerprint density at radius 3 is 2.00 bits per heavy atom. The molecule has 0 spiro atoms. The molecule has 0 atom stereocenters. The van der Waals surface area contributed by atoms with Crippen molar-refractivity contribution < 1.29 is 0 Å². The molecular weight excluding hydrogens is 609 g/mol. The molecule has 4 aromatic heterocycles. The molecule has 218 valence electrons. The quantitative estimate of drug-likeness (QED) is 0.185. The summed E-state index contributed by atoms with van der Waals surface area (Å²) in [5.74, 6) is 0. The molecule has 0 aliphatic carbocycles. The lowest BCUT2D eigenvalue weighted by Crippen LogP contribution is -1.93. The summed E-state index contributed by atoms with van der Waals surface area (Å²) < 4.78 is 7.61. The van der Waals surface area contributed by atoms with Gasteiger partial charge in [-0.3, -0.25) is 4.40 Å². The van der Waals surface area contributed by atoms with E-state index in [1.165, 1.54) is 78.6 Å². The third-order valence-corrected chi connectivity index (χ3v) is 12.2. The van der Waals surface area contributed by atoms with Gasteiger partial charge in [0, 0.05) is 35.6 Å². The highest BCUT2D eigenvalue weighted by molar-refractivity contribution is 7.27. The maximum Gasteiger partial charge on any atom is 0.156 e. The second-order valence-corrected chi connectivity index (χ2v) is 14.5. The minimum atomic E-state index is 1.02. The summed E-state index contributed by atoms with van der Waals surface area (Å²) in [6.07, 6.45) is 0. The van der Waals surface area contributed by atoms with Crippen LogP contribution in [-0.4, -0.2) is 9.38 Å². The Morgan fingerprint density at radius 2 is 1.13 bits per heavy atom. The molecule has 0 N–H and O–H groups in total. The zero-order chi connectivity index (χ0) is 30.6. The van der Waals surface area contributed by atoms with Crippen LogP contribution in [0.1, 0.15) is 0 Å². The van der Waals surface area contributed by atoms with Crippen molar-refractivity contribution in [1.29, 1.82) is 0 Å². The molecule has 0 radical (unpaired) electrons. The number of imidazole rings is 1. The zero-order valence-corrected chi connectivity index (χ0v) is 26.7. The van der Waals surface area contributed by atoms with Gasteiger partial charge in [0.1, 0.15) is 0 Å². The number of pyridine rings is 1. The van der Waals surface area contributed by atoms with E-state index in [1.807, 2.05) is 22.7 Å². The lowest BCUT2D eigenvalue weighted by atomic mass is 10.00. The highest BCUT2D eigenvalue weighted by Crippen LogP contribution is 2.44. The van der Waals surface area contributed by atoms with E-state index in [4.69, 9.17) is 4.98 Å². The van der Waals surface area contributed by atoms with Gasteiger partial charge in [0.25, 0.3) is 0 Å². The first-order valence-electron chi connectivity index (χ1n) is 15.9. The van der Waals surface area contributed by atoms with Gasteiger partial charge in [-0.25, -0.2) is 4.98 Å². The van der Waals surface area contributed by atoms with Crippen molar-refractivity contribution in [3.8, 4) is 22.4 Å². The fourth-order valence-corrected chi connectivity index (χ4v) is 9.85. The normalized spacial score (nSPS) is 12.3. The predicted molar refractivity (Wildman–Crippen MR) is 204 cm³/mol. The number of fused-ring (bicyclic) bond motifs is 13.